The summed E-state index contributed by atoms with van der Waals surface area (Å²) in [7, 11) is 0. The summed E-state index contributed by atoms with van der Waals surface area (Å²) >= 11 is 1.22. The van der Waals surface area contributed by atoms with Crippen molar-refractivity contribution in [3.05, 3.63) is 40.0 Å². The zero-order valence-corrected chi connectivity index (χ0v) is 19.0. The fourth-order valence-corrected chi connectivity index (χ4v) is 5.61. The lowest BCUT2D eigenvalue weighted by Crippen LogP contribution is -2.39. The van der Waals surface area contributed by atoms with Crippen molar-refractivity contribution in [2.24, 2.45) is 11.7 Å². The summed E-state index contributed by atoms with van der Waals surface area (Å²) < 4.78 is 28.1. The van der Waals surface area contributed by atoms with Gasteiger partial charge in [-0.15, -0.1) is 11.3 Å². The average Bonchev–Trinajstić information content (AvgIpc) is 3.33. The number of hydrogen-bond donors (Lipinski definition) is 3. The quantitative estimate of drug-likeness (QED) is 0.530. The Morgan fingerprint density at radius 1 is 1.36 bits per heavy atom. The lowest BCUT2D eigenvalue weighted by molar-refractivity contribution is 0.0938. The molecule has 1 fully saturated rings. The van der Waals surface area contributed by atoms with Gasteiger partial charge in [-0.1, -0.05) is 0 Å². The van der Waals surface area contributed by atoms with E-state index in [9.17, 15) is 9.18 Å². The van der Waals surface area contributed by atoms with Crippen LogP contribution in [0.4, 0.5) is 20.3 Å². The van der Waals surface area contributed by atoms with Gasteiger partial charge in [0.25, 0.3) is 5.91 Å². The van der Waals surface area contributed by atoms with Crippen LogP contribution in [0.1, 0.15) is 33.2 Å². The molecule has 8 nitrogen and oxygen atoms in total. The van der Waals surface area contributed by atoms with Gasteiger partial charge in [0.15, 0.2) is 0 Å². The average molecular weight is 474 g/mol. The third-order valence-electron chi connectivity index (χ3n) is 6.49. The van der Waals surface area contributed by atoms with Crippen LogP contribution in [0.3, 0.4) is 0 Å². The Bertz CT molecular complexity index is 1230. The van der Waals surface area contributed by atoms with Gasteiger partial charge in [-0.3, -0.25) is 9.18 Å². The van der Waals surface area contributed by atoms with Crippen molar-refractivity contribution in [3.8, 4) is 0 Å². The number of halogens is 2. The summed E-state index contributed by atoms with van der Waals surface area (Å²) in [5, 5.41) is 3.65. The Morgan fingerprint density at radius 2 is 2.18 bits per heavy atom. The number of carbonyl (C=O) groups is 1. The first-order chi connectivity index (χ1) is 15.8. The van der Waals surface area contributed by atoms with Crippen LogP contribution in [0.2, 0.25) is 0 Å². The van der Waals surface area contributed by atoms with Gasteiger partial charge in [-0.05, 0) is 26.2 Å². The Balaban J connectivity index is 1.31. The van der Waals surface area contributed by atoms with Gasteiger partial charge in [0, 0.05) is 54.6 Å². The molecule has 0 spiro atoms. The number of nitrogens with one attached hydrogen (secondary N) is 1. The van der Waals surface area contributed by atoms with E-state index in [2.05, 4.69) is 20.3 Å². The van der Waals surface area contributed by atoms with Crippen LogP contribution < -0.4 is 21.7 Å². The second-order valence-electron chi connectivity index (χ2n) is 8.76. The zero-order chi connectivity index (χ0) is 23.3. The number of rotatable bonds is 4. The second-order valence-corrected chi connectivity index (χ2v) is 9.76. The molecule has 5 N–H and O–H groups in total. The van der Waals surface area contributed by atoms with Crippen molar-refractivity contribution in [2.45, 2.75) is 38.3 Å². The largest absolute Gasteiger partial charge is 0.397 e. The van der Waals surface area contributed by atoms with E-state index in [1.807, 2.05) is 4.90 Å². The third-order valence-corrected chi connectivity index (χ3v) is 7.60. The fourth-order valence-electron chi connectivity index (χ4n) is 4.60. The topological polar surface area (TPSA) is 123 Å². The zero-order valence-electron chi connectivity index (χ0n) is 18.1. The van der Waals surface area contributed by atoms with E-state index in [0.717, 1.165) is 0 Å². The number of anilines is 2. The predicted octanol–water partition coefficient (Wildman–Crippen LogP) is 2.14. The maximum absolute atomic E-state index is 15.0. The first-order valence-electron chi connectivity index (χ1n) is 10.9. The molecule has 33 heavy (non-hydrogen) atoms. The minimum Gasteiger partial charge on any atom is -0.397 e. The van der Waals surface area contributed by atoms with Gasteiger partial charge < -0.3 is 21.7 Å². The van der Waals surface area contributed by atoms with Crippen LogP contribution in [-0.2, 0) is 12.8 Å². The smallest absolute Gasteiger partial charge is 0.263 e. The van der Waals surface area contributed by atoms with Crippen LogP contribution in [0.5, 0.6) is 0 Å². The van der Waals surface area contributed by atoms with Crippen molar-refractivity contribution in [2.75, 3.05) is 30.4 Å². The van der Waals surface area contributed by atoms with E-state index >= 15 is 4.39 Å². The molecule has 11 heteroatoms. The van der Waals surface area contributed by atoms with E-state index in [0.29, 0.717) is 76.0 Å². The summed E-state index contributed by atoms with van der Waals surface area (Å²) in [6, 6.07) is 0.869. The number of nitrogens with zero attached hydrogens (tertiary/aromatic N) is 4. The molecule has 2 aliphatic rings. The van der Waals surface area contributed by atoms with Crippen molar-refractivity contribution >= 4 is 39.0 Å². The van der Waals surface area contributed by atoms with Crippen LogP contribution in [-0.4, -0.2) is 52.7 Å². The number of fused-ring (bicyclic) bond motifs is 2. The Hall–Kier alpha value is -2.92. The number of aromatic nitrogens is 3. The molecule has 3 aromatic heterocycles. The van der Waals surface area contributed by atoms with Crippen molar-refractivity contribution in [1.29, 1.82) is 0 Å². The summed E-state index contributed by atoms with van der Waals surface area (Å²) in [6.45, 7) is 2.17. The SMILES string of the molecule is Cc1ncc2c(N)c(C(=O)NC3CCc4nc(N5CC(N)C(CF)C5)cc(F)c4C3)sc2n1. The second kappa shape index (κ2) is 8.45. The molecule has 1 amide bonds. The van der Waals surface area contributed by atoms with Gasteiger partial charge in [-0.2, -0.15) is 0 Å². The maximum Gasteiger partial charge on any atom is 0.263 e. The summed E-state index contributed by atoms with van der Waals surface area (Å²) in [5.41, 5.74) is 13.7. The number of alkyl halides is 1. The Kier molecular flexibility index (Phi) is 5.61. The maximum atomic E-state index is 15.0. The lowest BCUT2D eigenvalue weighted by Gasteiger charge is -2.27. The molecule has 4 heterocycles. The van der Waals surface area contributed by atoms with Crippen LogP contribution in [0.15, 0.2) is 12.3 Å². The monoisotopic (exact) mass is 473 g/mol. The first kappa shape index (κ1) is 21.9. The number of thiophene rings is 1. The minimum atomic E-state index is -0.497. The highest BCUT2D eigenvalue weighted by molar-refractivity contribution is 7.21. The van der Waals surface area contributed by atoms with E-state index < -0.39 is 6.67 Å². The molecular formula is C22H25F2N7OS. The number of aryl methyl sites for hydroxylation is 2. The molecule has 0 bridgehead atoms. The lowest BCUT2D eigenvalue weighted by atomic mass is 9.91. The molecule has 0 saturated carbocycles. The summed E-state index contributed by atoms with van der Waals surface area (Å²) in [5.74, 6) is 0.183. The molecule has 0 radical (unpaired) electrons. The molecule has 1 saturated heterocycles. The number of carbonyl (C=O) groups excluding carboxylic acids is 1. The van der Waals surface area contributed by atoms with Crippen molar-refractivity contribution < 1.29 is 13.6 Å². The highest BCUT2D eigenvalue weighted by atomic mass is 32.1. The van der Waals surface area contributed by atoms with Gasteiger partial charge in [-0.25, -0.2) is 19.3 Å². The van der Waals surface area contributed by atoms with Crippen LogP contribution in [0.25, 0.3) is 10.2 Å². The van der Waals surface area contributed by atoms with Gasteiger partial charge in [0.2, 0.25) is 0 Å². The molecule has 3 unspecified atom stereocenters. The van der Waals surface area contributed by atoms with E-state index in [-0.39, 0.29) is 29.7 Å². The van der Waals surface area contributed by atoms with Gasteiger partial charge >= 0.3 is 0 Å². The third kappa shape index (κ3) is 3.99. The van der Waals surface area contributed by atoms with E-state index in [1.165, 1.54) is 17.4 Å². The Labute approximate surface area is 193 Å². The minimum absolute atomic E-state index is 0.235. The number of pyridine rings is 1. The molecule has 174 valence electrons. The highest BCUT2D eigenvalue weighted by Crippen LogP contribution is 2.33. The van der Waals surface area contributed by atoms with E-state index in [4.69, 9.17) is 11.5 Å². The van der Waals surface area contributed by atoms with Crippen LogP contribution >= 0.6 is 11.3 Å². The normalized spacial score (nSPS) is 22.5. The number of hydrogen-bond acceptors (Lipinski definition) is 8. The number of nitrogen functional groups attached to an aromatic ring is 1. The van der Waals surface area contributed by atoms with Gasteiger partial charge in [0.05, 0.1) is 17.7 Å². The molecule has 0 aromatic carbocycles. The van der Waals surface area contributed by atoms with Crippen molar-refractivity contribution in [1.82, 2.24) is 20.3 Å². The summed E-state index contributed by atoms with van der Waals surface area (Å²) in [6.07, 6.45) is 3.13. The molecule has 5 rings (SSSR count). The molecule has 3 aromatic rings. The summed E-state index contributed by atoms with van der Waals surface area (Å²) in [4.78, 5) is 28.9. The first-order valence-corrected chi connectivity index (χ1v) is 11.7. The fraction of sp³-hybridized carbons (Fsp3) is 0.455. The Morgan fingerprint density at radius 3 is 2.94 bits per heavy atom. The molecular weight excluding hydrogens is 448 g/mol. The highest BCUT2D eigenvalue weighted by Gasteiger charge is 2.33. The molecule has 3 atom stereocenters. The predicted molar refractivity (Wildman–Crippen MR) is 124 cm³/mol. The van der Waals surface area contributed by atoms with Crippen molar-refractivity contribution in [3.63, 3.8) is 0 Å². The number of amides is 1. The standard InChI is InChI=1S/C22H25F2N7OS/c1-10-27-7-14-19(26)20(33-22(14)28-10)21(32)29-12-2-3-17-13(4-12)15(24)5-18(30-17)31-8-11(6-23)16(25)9-31/h5,7,11-12,16H,2-4,6,8-9,25-26H2,1H3,(H,29,32). The molecule has 1 aliphatic carbocycles. The van der Waals surface area contributed by atoms with Gasteiger partial charge in [0.1, 0.15) is 27.2 Å². The number of nitrogens with two attached hydrogens (primary N) is 2. The van der Waals surface area contributed by atoms with E-state index in [1.54, 1.807) is 13.1 Å². The molecule has 1 aliphatic heterocycles. The van der Waals surface area contributed by atoms with Crippen LogP contribution in [0, 0.1) is 18.7 Å².